The first-order valence-corrected chi connectivity index (χ1v) is 4.66. The molecule has 74 valence electrons. The van der Waals surface area contributed by atoms with Gasteiger partial charge in [0, 0.05) is 7.11 Å². The zero-order valence-electron chi connectivity index (χ0n) is 8.51. The SMILES string of the molecule is C=CCC1=CCCC1(C)OCOC. The molecule has 0 aliphatic heterocycles. The van der Waals surface area contributed by atoms with Crippen molar-refractivity contribution in [2.45, 2.75) is 31.8 Å². The Morgan fingerprint density at radius 3 is 3.08 bits per heavy atom. The minimum absolute atomic E-state index is 0.121. The Morgan fingerprint density at radius 1 is 1.69 bits per heavy atom. The molecular weight excluding hydrogens is 164 g/mol. The molecule has 0 aromatic heterocycles. The number of allylic oxidation sites excluding steroid dienone is 2. The number of hydrogen-bond acceptors (Lipinski definition) is 2. The molecule has 0 bridgehead atoms. The van der Waals surface area contributed by atoms with Gasteiger partial charge in [0.2, 0.25) is 0 Å². The lowest BCUT2D eigenvalue weighted by Gasteiger charge is -2.27. The first kappa shape index (κ1) is 10.5. The van der Waals surface area contributed by atoms with E-state index in [1.54, 1.807) is 7.11 Å². The van der Waals surface area contributed by atoms with Gasteiger partial charge in [-0.2, -0.15) is 0 Å². The minimum atomic E-state index is -0.121. The molecule has 2 heteroatoms. The highest BCUT2D eigenvalue weighted by atomic mass is 16.7. The van der Waals surface area contributed by atoms with E-state index in [4.69, 9.17) is 9.47 Å². The second-order valence-corrected chi connectivity index (χ2v) is 3.54. The lowest BCUT2D eigenvalue weighted by Crippen LogP contribution is -2.29. The van der Waals surface area contributed by atoms with E-state index in [2.05, 4.69) is 19.6 Å². The summed E-state index contributed by atoms with van der Waals surface area (Å²) in [5, 5.41) is 0. The lowest BCUT2D eigenvalue weighted by atomic mass is 9.95. The van der Waals surface area contributed by atoms with Gasteiger partial charge in [-0.3, -0.25) is 0 Å². The third kappa shape index (κ3) is 2.42. The normalized spacial score (nSPS) is 27.4. The second kappa shape index (κ2) is 4.58. The van der Waals surface area contributed by atoms with Gasteiger partial charge in [0.15, 0.2) is 0 Å². The molecule has 0 heterocycles. The van der Waals surface area contributed by atoms with Crippen LogP contribution in [0.1, 0.15) is 26.2 Å². The Hall–Kier alpha value is -0.600. The highest BCUT2D eigenvalue weighted by Crippen LogP contribution is 2.35. The lowest BCUT2D eigenvalue weighted by molar-refractivity contribution is -0.105. The fourth-order valence-electron chi connectivity index (χ4n) is 1.71. The quantitative estimate of drug-likeness (QED) is 0.480. The summed E-state index contributed by atoms with van der Waals surface area (Å²) in [7, 11) is 1.65. The number of hydrogen-bond donors (Lipinski definition) is 0. The standard InChI is InChI=1S/C11H18O2/c1-4-6-10-7-5-8-11(10,2)13-9-12-3/h4,7H,1,5-6,8-9H2,2-3H3. The predicted molar refractivity (Wildman–Crippen MR) is 53.5 cm³/mol. The van der Waals surface area contributed by atoms with Gasteiger partial charge in [0.1, 0.15) is 6.79 Å². The number of rotatable bonds is 5. The van der Waals surface area contributed by atoms with Gasteiger partial charge >= 0.3 is 0 Å². The van der Waals surface area contributed by atoms with Crippen LogP contribution in [0, 0.1) is 0 Å². The molecule has 0 fully saturated rings. The van der Waals surface area contributed by atoms with E-state index in [9.17, 15) is 0 Å². The Labute approximate surface area is 80.2 Å². The number of ether oxygens (including phenoxy) is 2. The molecule has 13 heavy (non-hydrogen) atoms. The van der Waals surface area contributed by atoms with Gasteiger partial charge in [0.05, 0.1) is 5.60 Å². The summed E-state index contributed by atoms with van der Waals surface area (Å²) in [6.45, 7) is 6.23. The van der Waals surface area contributed by atoms with Crippen molar-refractivity contribution in [2.24, 2.45) is 0 Å². The topological polar surface area (TPSA) is 18.5 Å². The van der Waals surface area contributed by atoms with Crippen molar-refractivity contribution in [3.8, 4) is 0 Å². The molecule has 0 saturated carbocycles. The highest BCUT2D eigenvalue weighted by Gasteiger charge is 2.32. The van der Waals surface area contributed by atoms with Gasteiger partial charge in [-0.1, -0.05) is 12.2 Å². The third-order valence-electron chi connectivity index (χ3n) is 2.55. The molecule has 0 aromatic rings. The molecule has 2 nitrogen and oxygen atoms in total. The first-order chi connectivity index (χ1) is 6.23. The van der Waals surface area contributed by atoms with Crippen LogP contribution < -0.4 is 0 Å². The Balaban J connectivity index is 2.55. The molecular formula is C11H18O2. The number of methoxy groups -OCH3 is 1. The molecule has 0 radical (unpaired) electrons. The fraction of sp³-hybridized carbons (Fsp3) is 0.636. The van der Waals surface area contributed by atoms with Crippen molar-refractivity contribution >= 4 is 0 Å². The molecule has 0 saturated heterocycles. The molecule has 1 rings (SSSR count). The van der Waals surface area contributed by atoms with Gasteiger partial charge in [-0.25, -0.2) is 0 Å². The summed E-state index contributed by atoms with van der Waals surface area (Å²) >= 11 is 0. The second-order valence-electron chi connectivity index (χ2n) is 3.54. The zero-order valence-corrected chi connectivity index (χ0v) is 8.51. The summed E-state index contributed by atoms with van der Waals surface area (Å²) in [5.74, 6) is 0. The van der Waals surface area contributed by atoms with Crippen LogP contribution >= 0.6 is 0 Å². The van der Waals surface area contributed by atoms with Crippen LogP contribution in [0.25, 0.3) is 0 Å². The van der Waals surface area contributed by atoms with Crippen LogP contribution in [0.15, 0.2) is 24.3 Å². The molecule has 1 aliphatic carbocycles. The molecule has 0 N–H and O–H groups in total. The molecule has 1 atom stereocenters. The van der Waals surface area contributed by atoms with Crippen LogP contribution in [0.5, 0.6) is 0 Å². The first-order valence-electron chi connectivity index (χ1n) is 4.66. The monoisotopic (exact) mass is 182 g/mol. The average Bonchev–Trinajstić information content (AvgIpc) is 2.46. The Morgan fingerprint density at radius 2 is 2.46 bits per heavy atom. The summed E-state index contributed by atoms with van der Waals surface area (Å²) in [6, 6.07) is 0. The maximum Gasteiger partial charge on any atom is 0.147 e. The summed E-state index contributed by atoms with van der Waals surface area (Å²) < 4.78 is 10.6. The van der Waals surface area contributed by atoms with Crippen molar-refractivity contribution in [3.63, 3.8) is 0 Å². The van der Waals surface area contributed by atoms with Crippen LogP contribution in [0.4, 0.5) is 0 Å². The van der Waals surface area contributed by atoms with Gasteiger partial charge in [0.25, 0.3) is 0 Å². The zero-order chi connectivity index (χ0) is 9.73. The van der Waals surface area contributed by atoms with E-state index in [1.807, 2.05) is 6.08 Å². The van der Waals surface area contributed by atoms with Crippen molar-refractivity contribution in [2.75, 3.05) is 13.9 Å². The molecule has 0 spiro atoms. The highest BCUT2D eigenvalue weighted by molar-refractivity contribution is 5.23. The molecule has 1 unspecified atom stereocenters. The van der Waals surface area contributed by atoms with Crippen LogP contribution in [0.2, 0.25) is 0 Å². The van der Waals surface area contributed by atoms with Crippen LogP contribution in [-0.2, 0) is 9.47 Å². The van der Waals surface area contributed by atoms with Gasteiger partial charge < -0.3 is 9.47 Å². The maximum absolute atomic E-state index is 5.67. The van der Waals surface area contributed by atoms with E-state index in [-0.39, 0.29) is 5.60 Å². The van der Waals surface area contributed by atoms with Gasteiger partial charge in [-0.15, -0.1) is 6.58 Å². The van der Waals surface area contributed by atoms with E-state index >= 15 is 0 Å². The van der Waals surface area contributed by atoms with Crippen LogP contribution in [0.3, 0.4) is 0 Å². The van der Waals surface area contributed by atoms with Crippen LogP contribution in [-0.4, -0.2) is 19.5 Å². The van der Waals surface area contributed by atoms with Crippen molar-refractivity contribution in [1.29, 1.82) is 0 Å². The van der Waals surface area contributed by atoms with E-state index in [0.29, 0.717) is 6.79 Å². The Bertz CT molecular complexity index is 208. The molecule has 1 aliphatic rings. The van der Waals surface area contributed by atoms with Crippen molar-refractivity contribution < 1.29 is 9.47 Å². The predicted octanol–water partition coefficient (Wildman–Crippen LogP) is 2.66. The van der Waals surface area contributed by atoms with Gasteiger partial charge in [-0.05, 0) is 31.8 Å². The minimum Gasteiger partial charge on any atom is -0.359 e. The molecule has 0 aromatic carbocycles. The molecule has 0 amide bonds. The summed E-state index contributed by atoms with van der Waals surface area (Å²) in [4.78, 5) is 0. The summed E-state index contributed by atoms with van der Waals surface area (Å²) in [6.07, 6.45) is 7.24. The van der Waals surface area contributed by atoms with E-state index in [1.165, 1.54) is 5.57 Å². The van der Waals surface area contributed by atoms with E-state index < -0.39 is 0 Å². The Kier molecular flexibility index (Phi) is 3.70. The van der Waals surface area contributed by atoms with E-state index in [0.717, 1.165) is 19.3 Å². The van der Waals surface area contributed by atoms with Crippen molar-refractivity contribution in [1.82, 2.24) is 0 Å². The average molecular weight is 182 g/mol. The smallest absolute Gasteiger partial charge is 0.147 e. The fourth-order valence-corrected chi connectivity index (χ4v) is 1.71. The third-order valence-corrected chi connectivity index (χ3v) is 2.55. The summed E-state index contributed by atoms with van der Waals surface area (Å²) in [5.41, 5.74) is 1.21. The maximum atomic E-state index is 5.67. The largest absolute Gasteiger partial charge is 0.359 e. The van der Waals surface area contributed by atoms with Crippen molar-refractivity contribution in [3.05, 3.63) is 24.3 Å².